The van der Waals surface area contributed by atoms with Crippen LogP contribution in [0, 0.1) is 18.6 Å². The van der Waals surface area contributed by atoms with Gasteiger partial charge in [0, 0.05) is 18.8 Å². The minimum atomic E-state index is -4.16. The fourth-order valence-electron chi connectivity index (χ4n) is 1.95. The number of anilines is 1. The second-order valence-electron chi connectivity index (χ2n) is 4.49. The Bertz CT molecular complexity index is 810. The number of hydrogen-bond donors (Lipinski definition) is 0. The van der Waals surface area contributed by atoms with Crippen molar-refractivity contribution in [3.8, 4) is 5.75 Å². The van der Waals surface area contributed by atoms with Crippen molar-refractivity contribution in [1.82, 2.24) is 4.98 Å². The molecule has 0 bridgehead atoms. The van der Waals surface area contributed by atoms with E-state index in [4.69, 9.17) is 4.74 Å². The van der Waals surface area contributed by atoms with Crippen molar-refractivity contribution in [2.45, 2.75) is 11.8 Å². The number of nitrogens with zero attached hydrogens (tertiary/aromatic N) is 2. The fourth-order valence-corrected chi connectivity index (χ4v) is 3.32. The van der Waals surface area contributed by atoms with E-state index in [1.807, 2.05) is 0 Å². The molecule has 0 amide bonds. The average Bonchev–Trinajstić information content (AvgIpc) is 2.49. The highest BCUT2D eigenvalue weighted by molar-refractivity contribution is 7.92. The molecule has 0 saturated carbocycles. The van der Waals surface area contributed by atoms with E-state index in [2.05, 4.69) is 4.98 Å². The largest absolute Gasteiger partial charge is 0.494 e. The third-order valence-corrected chi connectivity index (χ3v) is 5.09. The molecule has 1 heterocycles. The van der Waals surface area contributed by atoms with E-state index < -0.39 is 21.7 Å². The van der Waals surface area contributed by atoms with Gasteiger partial charge < -0.3 is 4.74 Å². The molecule has 8 heteroatoms. The molecule has 22 heavy (non-hydrogen) atoms. The van der Waals surface area contributed by atoms with Crippen molar-refractivity contribution in [3.63, 3.8) is 0 Å². The Morgan fingerprint density at radius 1 is 1.23 bits per heavy atom. The maximum Gasteiger partial charge on any atom is 0.265 e. The van der Waals surface area contributed by atoms with E-state index >= 15 is 0 Å². The maximum absolute atomic E-state index is 14.0. The lowest BCUT2D eigenvalue weighted by molar-refractivity contribution is 0.384. The second kappa shape index (κ2) is 5.88. The summed E-state index contributed by atoms with van der Waals surface area (Å²) in [4.78, 5) is 3.43. The number of aromatic nitrogens is 1. The highest BCUT2D eigenvalue weighted by Gasteiger charge is 2.28. The lowest BCUT2D eigenvalue weighted by Crippen LogP contribution is -2.29. The van der Waals surface area contributed by atoms with E-state index in [1.54, 1.807) is 0 Å². The standard InChI is InChI=1S/C14H14F2N2O3S/c1-9-12(7-6-11(21-3)13(9)16)22(19,20)18(2)14-10(15)5-4-8-17-14/h4-8H,1-3H3. The quantitative estimate of drug-likeness (QED) is 0.865. The van der Waals surface area contributed by atoms with Crippen molar-refractivity contribution in [1.29, 1.82) is 0 Å². The van der Waals surface area contributed by atoms with Crippen molar-refractivity contribution < 1.29 is 21.9 Å². The van der Waals surface area contributed by atoms with Gasteiger partial charge in [0.1, 0.15) is 0 Å². The van der Waals surface area contributed by atoms with Gasteiger partial charge in [0.15, 0.2) is 23.2 Å². The van der Waals surface area contributed by atoms with E-state index in [9.17, 15) is 17.2 Å². The Labute approximate surface area is 127 Å². The van der Waals surface area contributed by atoms with Crippen LogP contribution in [0.15, 0.2) is 35.4 Å². The van der Waals surface area contributed by atoms with Crippen molar-refractivity contribution in [3.05, 3.63) is 47.7 Å². The van der Waals surface area contributed by atoms with Crippen LogP contribution >= 0.6 is 0 Å². The molecule has 0 spiro atoms. The van der Waals surface area contributed by atoms with Crippen molar-refractivity contribution >= 4 is 15.8 Å². The summed E-state index contributed by atoms with van der Waals surface area (Å²) in [5.41, 5.74) is -0.109. The smallest absolute Gasteiger partial charge is 0.265 e. The molecule has 0 fully saturated rings. The highest BCUT2D eigenvalue weighted by atomic mass is 32.2. The number of sulfonamides is 1. The molecule has 0 radical (unpaired) electrons. The maximum atomic E-state index is 14.0. The number of hydrogen-bond acceptors (Lipinski definition) is 4. The molecule has 2 aromatic rings. The molecule has 0 unspecified atom stereocenters. The molecule has 0 saturated heterocycles. The van der Waals surface area contributed by atoms with Gasteiger partial charge in [-0.3, -0.25) is 4.31 Å². The molecule has 2 rings (SSSR count). The van der Waals surface area contributed by atoms with E-state index in [1.165, 1.54) is 38.4 Å². The number of methoxy groups -OCH3 is 1. The van der Waals surface area contributed by atoms with Gasteiger partial charge >= 0.3 is 0 Å². The van der Waals surface area contributed by atoms with Crippen molar-refractivity contribution in [2.75, 3.05) is 18.5 Å². The summed E-state index contributed by atoms with van der Waals surface area (Å²) in [6.07, 6.45) is 1.27. The van der Waals surface area contributed by atoms with Gasteiger partial charge in [-0.25, -0.2) is 22.2 Å². The predicted octanol–water partition coefficient (Wildman–Crippen LogP) is 2.50. The zero-order chi connectivity index (χ0) is 16.5. The van der Waals surface area contributed by atoms with Crippen LogP contribution in [0.5, 0.6) is 5.75 Å². The van der Waals surface area contributed by atoms with Gasteiger partial charge in [0.25, 0.3) is 10.0 Å². The molecule has 1 aromatic heterocycles. The third kappa shape index (κ3) is 2.61. The minimum Gasteiger partial charge on any atom is -0.494 e. The third-order valence-electron chi connectivity index (χ3n) is 3.20. The number of pyridine rings is 1. The number of ether oxygens (including phenoxy) is 1. The lowest BCUT2D eigenvalue weighted by atomic mass is 10.2. The summed E-state index contributed by atoms with van der Waals surface area (Å²) < 4.78 is 58.4. The molecular formula is C14H14F2N2O3S. The Morgan fingerprint density at radius 3 is 2.50 bits per heavy atom. The van der Waals surface area contributed by atoms with E-state index in [-0.39, 0.29) is 22.0 Å². The van der Waals surface area contributed by atoms with Crippen LogP contribution in [0.2, 0.25) is 0 Å². The highest BCUT2D eigenvalue weighted by Crippen LogP contribution is 2.29. The SMILES string of the molecule is COc1ccc(S(=O)(=O)N(C)c2ncccc2F)c(C)c1F. The summed E-state index contributed by atoms with van der Waals surface area (Å²) in [6, 6.07) is 4.86. The molecule has 0 atom stereocenters. The van der Waals surface area contributed by atoms with Gasteiger partial charge in [-0.15, -0.1) is 0 Å². The van der Waals surface area contributed by atoms with E-state index in [0.717, 1.165) is 13.1 Å². The summed E-state index contributed by atoms with van der Waals surface area (Å²) in [5, 5.41) is 0. The first kappa shape index (κ1) is 16.2. The van der Waals surface area contributed by atoms with E-state index in [0.29, 0.717) is 4.31 Å². The first-order valence-corrected chi connectivity index (χ1v) is 7.67. The predicted molar refractivity (Wildman–Crippen MR) is 77.5 cm³/mol. The molecule has 0 N–H and O–H groups in total. The Morgan fingerprint density at radius 2 is 1.91 bits per heavy atom. The zero-order valence-electron chi connectivity index (χ0n) is 12.2. The topological polar surface area (TPSA) is 59.5 Å². The first-order chi connectivity index (χ1) is 10.3. The van der Waals surface area contributed by atoms with Gasteiger partial charge in [-0.2, -0.15) is 0 Å². The second-order valence-corrected chi connectivity index (χ2v) is 6.42. The first-order valence-electron chi connectivity index (χ1n) is 6.23. The van der Waals surface area contributed by atoms with Gasteiger partial charge in [0.2, 0.25) is 0 Å². The van der Waals surface area contributed by atoms with Crippen LogP contribution in [-0.2, 0) is 10.0 Å². The molecular weight excluding hydrogens is 314 g/mol. The Kier molecular flexibility index (Phi) is 4.32. The van der Waals surface area contributed by atoms with Crippen LogP contribution in [0.4, 0.5) is 14.6 Å². The fraction of sp³-hybridized carbons (Fsp3) is 0.214. The molecule has 5 nitrogen and oxygen atoms in total. The number of rotatable bonds is 4. The molecule has 0 aliphatic carbocycles. The van der Waals surface area contributed by atoms with Gasteiger partial charge in [-0.05, 0) is 31.2 Å². The van der Waals surface area contributed by atoms with Crippen LogP contribution < -0.4 is 9.04 Å². The van der Waals surface area contributed by atoms with Crippen LogP contribution in [0.1, 0.15) is 5.56 Å². The van der Waals surface area contributed by atoms with Crippen molar-refractivity contribution in [2.24, 2.45) is 0 Å². The van der Waals surface area contributed by atoms with Crippen LogP contribution in [0.25, 0.3) is 0 Å². The molecule has 1 aromatic carbocycles. The zero-order valence-corrected chi connectivity index (χ0v) is 13.0. The monoisotopic (exact) mass is 328 g/mol. The summed E-state index contributed by atoms with van der Waals surface area (Å²) in [5.74, 6) is -2.00. The Balaban J connectivity index is 2.56. The van der Waals surface area contributed by atoms with Gasteiger partial charge in [-0.1, -0.05) is 0 Å². The molecule has 0 aliphatic rings. The summed E-state index contributed by atoms with van der Waals surface area (Å²) in [7, 11) is -1.72. The average molecular weight is 328 g/mol. The number of halogens is 2. The lowest BCUT2D eigenvalue weighted by Gasteiger charge is -2.20. The normalized spacial score (nSPS) is 11.3. The number of benzene rings is 1. The Hall–Kier alpha value is -2.22. The summed E-state index contributed by atoms with van der Waals surface area (Å²) >= 11 is 0. The minimum absolute atomic E-state index is 0.0666. The molecule has 118 valence electrons. The molecule has 0 aliphatic heterocycles. The van der Waals surface area contributed by atoms with Crippen LogP contribution in [-0.4, -0.2) is 27.6 Å². The summed E-state index contributed by atoms with van der Waals surface area (Å²) in [6.45, 7) is 1.31. The van der Waals surface area contributed by atoms with Crippen LogP contribution in [0.3, 0.4) is 0 Å². The van der Waals surface area contributed by atoms with Gasteiger partial charge in [0.05, 0.1) is 12.0 Å².